The number of hydrogen-bond donors (Lipinski definition) is 3. The number of carbonyl (C=O) groups is 1. The third-order valence-electron chi connectivity index (χ3n) is 2.71. The summed E-state index contributed by atoms with van der Waals surface area (Å²) in [5, 5.41) is 16.3. The Bertz CT molecular complexity index is 866. The van der Waals surface area contributed by atoms with E-state index >= 15 is 0 Å². The summed E-state index contributed by atoms with van der Waals surface area (Å²) in [7, 11) is 0. The number of H-pyrrole nitrogens is 1. The second-order valence-corrected chi connectivity index (χ2v) is 7.32. The lowest BCUT2D eigenvalue weighted by atomic mass is 10.2. The minimum Gasteiger partial charge on any atom is -0.301 e. The summed E-state index contributed by atoms with van der Waals surface area (Å²) >= 11 is 5.98. The first-order valence-corrected chi connectivity index (χ1v) is 9.64. The topological polar surface area (TPSA) is 108 Å². The van der Waals surface area contributed by atoms with Crippen LogP contribution in [0.4, 0.5) is 11.1 Å². The molecule has 2 heterocycles. The Labute approximate surface area is 159 Å². The summed E-state index contributed by atoms with van der Waals surface area (Å²) in [6, 6.07) is 7.73. The molecule has 8 nitrogen and oxygen atoms in total. The minimum atomic E-state index is -0.160. The molecule has 0 spiro atoms. The zero-order valence-corrected chi connectivity index (χ0v) is 15.9. The zero-order chi connectivity index (χ0) is 17.5. The van der Waals surface area contributed by atoms with E-state index in [0.29, 0.717) is 16.2 Å². The maximum absolute atomic E-state index is 11.8. The van der Waals surface area contributed by atoms with E-state index in [1.54, 1.807) is 17.8 Å². The fraction of sp³-hybridized carbons (Fsp3) is 0.0714. The molecule has 0 fully saturated rings. The number of carbonyl (C=O) groups excluding carboxylic acids is 1. The van der Waals surface area contributed by atoms with E-state index in [1.165, 1.54) is 23.1 Å². The van der Waals surface area contributed by atoms with Crippen molar-refractivity contribution < 1.29 is 4.79 Å². The van der Waals surface area contributed by atoms with Crippen molar-refractivity contribution in [3.05, 3.63) is 45.9 Å². The van der Waals surface area contributed by atoms with Gasteiger partial charge in [-0.3, -0.25) is 4.79 Å². The lowest BCUT2D eigenvalue weighted by Gasteiger charge is -1.98. The van der Waals surface area contributed by atoms with Crippen LogP contribution in [0.5, 0.6) is 0 Å². The van der Waals surface area contributed by atoms with Crippen LogP contribution in [-0.2, 0) is 4.79 Å². The normalized spacial score (nSPS) is 10.9. The first kappa shape index (κ1) is 17.6. The Morgan fingerprint density at radius 2 is 2.40 bits per heavy atom. The molecule has 128 valence electrons. The number of amides is 1. The summed E-state index contributed by atoms with van der Waals surface area (Å²) in [5.74, 6) is 0.430. The van der Waals surface area contributed by atoms with Gasteiger partial charge in [-0.05, 0) is 17.7 Å². The molecule has 1 aromatic carbocycles. The van der Waals surface area contributed by atoms with Gasteiger partial charge in [-0.2, -0.15) is 10.1 Å². The summed E-state index contributed by atoms with van der Waals surface area (Å²) in [5.41, 5.74) is 3.70. The van der Waals surface area contributed by atoms with Crippen LogP contribution < -0.4 is 10.7 Å². The van der Waals surface area contributed by atoms with E-state index in [2.05, 4.69) is 51.9 Å². The van der Waals surface area contributed by atoms with Crippen LogP contribution in [0.1, 0.15) is 5.56 Å². The molecular weight excluding hydrogens is 426 g/mol. The number of nitrogens with one attached hydrogen (secondary N) is 3. The first-order chi connectivity index (χ1) is 12.2. The largest absolute Gasteiger partial charge is 0.301 e. The van der Waals surface area contributed by atoms with Crippen molar-refractivity contribution in [1.82, 2.24) is 20.2 Å². The lowest BCUT2D eigenvalue weighted by molar-refractivity contribution is -0.113. The molecule has 1 amide bonds. The van der Waals surface area contributed by atoms with Crippen LogP contribution in [0, 0.1) is 0 Å². The van der Waals surface area contributed by atoms with Gasteiger partial charge in [0.15, 0.2) is 5.13 Å². The molecule has 25 heavy (non-hydrogen) atoms. The van der Waals surface area contributed by atoms with Gasteiger partial charge in [0.25, 0.3) is 0 Å². The van der Waals surface area contributed by atoms with Crippen molar-refractivity contribution >= 4 is 62.2 Å². The number of nitrogens with zero attached hydrogens (tertiary/aromatic N) is 4. The highest BCUT2D eigenvalue weighted by Crippen LogP contribution is 2.16. The Morgan fingerprint density at radius 1 is 1.48 bits per heavy atom. The van der Waals surface area contributed by atoms with Crippen LogP contribution in [0.25, 0.3) is 0 Å². The highest BCUT2D eigenvalue weighted by molar-refractivity contribution is 9.10. The van der Waals surface area contributed by atoms with Gasteiger partial charge >= 0.3 is 0 Å². The highest BCUT2D eigenvalue weighted by Gasteiger charge is 2.08. The fourth-order valence-corrected chi connectivity index (χ4v) is 3.25. The SMILES string of the molecule is O=C(CSc1n[nH]c(N/N=C\c2cccc(Br)c2)n1)Nc1nccs1. The average molecular weight is 438 g/mol. The standard InChI is InChI=1S/C14H12BrN7OS2/c15-10-3-1-2-9(6-10)7-17-20-12-19-14(22-21-12)25-8-11(23)18-13-16-4-5-24-13/h1-7H,8H2,(H,16,18,23)(H2,19,20,21,22)/b17-7-. The third kappa shape index (κ3) is 5.66. The lowest BCUT2D eigenvalue weighted by Crippen LogP contribution is -2.13. The number of hydrazone groups is 1. The number of halogens is 1. The summed E-state index contributed by atoms with van der Waals surface area (Å²) < 4.78 is 0.978. The molecule has 0 aliphatic heterocycles. The molecule has 0 saturated carbocycles. The van der Waals surface area contributed by atoms with Crippen molar-refractivity contribution in [2.75, 3.05) is 16.5 Å². The maximum Gasteiger partial charge on any atom is 0.240 e. The van der Waals surface area contributed by atoms with Gasteiger partial charge in [0.1, 0.15) is 0 Å². The molecule has 11 heteroatoms. The quantitative estimate of drug-likeness (QED) is 0.297. The van der Waals surface area contributed by atoms with Crippen LogP contribution in [-0.4, -0.2) is 38.0 Å². The van der Waals surface area contributed by atoms with Crippen LogP contribution in [0.3, 0.4) is 0 Å². The molecule has 3 N–H and O–H groups in total. The van der Waals surface area contributed by atoms with Gasteiger partial charge < -0.3 is 5.32 Å². The highest BCUT2D eigenvalue weighted by atomic mass is 79.9. The number of benzene rings is 1. The predicted octanol–water partition coefficient (Wildman–Crippen LogP) is 3.20. The van der Waals surface area contributed by atoms with Crippen molar-refractivity contribution in [2.45, 2.75) is 5.16 Å². The van der Waals surface area contributed by atoms with E-state index in [9.17, 15) is 4.79 Å². The Kier molecular flexibility index (Phi) is 6.14. The van der Waals surface area contributed by atoms with Gasteiger partial charge in [0, 0.05) is 16.0 Å². The summed E-state index contributed by atoms with van der Waals surface area (Å²) in [4.78, 5) is 20.0. The number of rotatable bonds is 7. The molecule has 0 aliphatic carbocycles. The fourth-order valence-electron chi connectivity index (χ4n) is 1.69. The summed E-state index contributed by atoms with van der Waals surface area (Å²) in [6.07, 6.45) is 3.30. The van der Waals surface area contributed by atoms with Crippen LogP contribution in [0.2, 0.25) is 0 Å². The summed E-state index contributed by atoms with van der Waals surface area (Å²) in [6.45, 7) is 0. The van der Waals surface area contributed by atoms with E-state index in [1.807, 2.05) is 24.3 Å². The molecule has 0 unspecified atom stereocenters. The molecule has 0 saturated heterocycles. The molecule has 0 bridgehead atoms. The minimum absolute atomic E-state index is 0.160. The Hall–Kier alpha value is -2.24. The molecule has 0 radical (unpaired) electrons. The third-order valence-corrected chi connectivity index (χ3v) is 4.74. The van der Waals surface area contributed by atoms with E-state index in [4.69, 9.17) is 0 Å². The van der Waals surface area contributed by atoms with Gasteiger partial charge in [0.2, 0.25) is 17.0 Å². The second-order valence-electron chi connectivity index (χ2n) is 4.57. The molecule has 3 aromatic rings. The predicted molar refractivity (Wildman–Crippen MR) is 103 cm³/mol. The van der Waals surface area contributed by atoms with Gasteiger partial charge in [0.05, 0.1) is 12.0 Å². The second kappa shape index (κ2) is 8.74. The first-order valence-electron chi connectivity index (χ1n) is 6.98. The average Bonchev–Trinajstić information content (AvgIpc) is 3.25. The number of hydrogen-bond acceptors (Lipinski definition) is 8. The smallest absolute Gasteiger partial charge is 0.240 e. The molecule has 2 aromatic heterocycles. The monoisotopic (exact) mass is 437 g/mol. The number of anilines is 2. The molecule has 0 atom stereocenters. The van der Waals surface area contributed by atoms with Crippen molar-refractivity contribution in [3.63, 3.8) is 0 Å². The Morgan fingerprint density at radius 3 is 3.20 bits per heavy atom. The number of aromatic amines is 1. The van der Waals surface area contributed by atoms with Gasteiger partial charge in [-0.25, -0.2) is 15.5 Å². The van der Waals surface area contributed by atoms with E-state index in [-0.39, 0.29) is 11.7 Å². The van der Waals surface area contributed by atoms with Gasteiger partial charge in [-0.1, -0.05) is 39.8 Å². The molecule has 0 aliphatic rings. The van der Waals surface area contributed by atoms with Crippen molar-refractivity contribution in [2.24, 2.45) is 5.10 Å². The van der Waals surface area contributed by atoms with E-state index in [0.717, 1.165) is 10.0 Å². The van der Waals surface area contributed by atoms with Gasteiger partial charge in [-0.15, -0.1) is 16.4 Å². The van der Waals surface area contributed by atoms with Crippen molar-refractivity contribution in [1.29, 1.82) is 0 Å². The number of aromatic nitrogens is 4. The molecule has 3 rings (SSSR count). The van der Waals surface area contributed by atoms with Crippen LogP contribution >= 0.6 is 39.0 Å². The van der Waals surface area contributed by atoms with Crippen LogP contribution in [0.15, 0.2) is 50.6 Å². The van der Waals surface area contributed by atoms with E-state index < -0.39 is 0 Å². The maximum atomic E-state index is 11.8. The number of thioether (sulfide) groups is 1. The number of thiazole rings is 1. The molecular formula is C14H12BrN7OS2. The zero-order valence-electron chi connectivity index (χ0n) is 12.6. The van der Waals surface area contributed by atoms with Crippen molar-refractivity contribution in [3.8, 4) is 0 Å². The Balaban J connectivity index is 1.46.